The van der Waals surface area contributed by atoms with E-state index in [9.17, 15) is 4.79 Å². The van der Waals surface area contributed by atoms with E-state index in [1.807, 2.05) is 54.6 Å². The largest absolute Gasteiger partial charge is 0.493 e. The molecule has 3 aromatic rings. The number of hydrogen-bond acceptors (Lipinski definition) is 5. The lowest BCUT2D eigenvalue weighted by Gasteiger charge is -2.36. The molecule has 5 nitrogen and oxygen atoms in total. The SMILES string of the molecule is CCCOc1ccc2c(c1)Oc1cc(OCCC)ccc1C21OC(=O)c2ccccc21. The minimum atomic E-state index is -1.07. The van der Waals surface area contributed by atoms with E-state index in [2.05, 4.69) is 13.8 Å². The van der Waals surface area contributed by atoms with Crippen molar-refractivity contribution in [1.29, 1.82) is 0 Å². The van der Waals surface area contributed by atoms with E-state index in [4.69, 9.17) is 18.9 Å². The fourth-order valence-electron chi connectivity index (χ4n) is 4.26. The lowest BCUT2D eigenvalue weighted by atomic mass is 9.77. The van der Waals surface area contributed by atoms with Gasteiger partial charge in [-0.3, -0.25) is 0 Å². The monoisotopic (exact) mass is 416 g/mol. The van der Waals surface area contributed by atoms with Crippen LogP contribution in [0.25, 0.3) is 0 Å². The zero-order valence-electron chi connectivity index (χ0n) is 17.6. The van der Waals surface area contributed by atoms with Gasteiger partial charge in [0.15, 0.2) is 5.60 Å². The van der Waals surface area contributed by atoms with Gasteiger partial charge in [0.25, 0.3) is 0 Å². The van der Waals surface area contributed by atoms with Crippen molar-refractivity contribution in [3.63, 3.8) is 0 Å². The van der Waals surface area contributed by atoms with Crippen LogP contribution in [-0.4, -0.2) is 19.2 Å². The van der Waals surface area contributed by atoms with Crippen molar-refractivity contribution >= 4 is 5.97 Å². The standard InChI is InChI=1S/C26H24O5/c1-3-13-28-17-9-11-21-23(15-17)30-24-16-18(29-14-4-2)10-12-22(24)26(21)20-8-6-5-7-19(20)25(27)31-26/h5-12,15-16H,3-4,13-14H2,1-2H3. The summed E-state index contributed by atoms with van der Waals surface area (Å²) in [6.07, 6.45) is 1.82. The molecule has 5 heteroatoms. The van der Waals surface area contributed by atoms with E-state index in [1.54, 1.807) is 6.07 Å². The maximum atomic E-state index is 12.9. The molecule has 0 aromatic heterocycles. The van der Waals surface area contributed by atoms with E-state index in [0.29, 0.717) is 30.3 Å². The lowest BCUT2D eigenvalue weighted by molar-refractivity contribution is 0.0224. The maximum absolute atomic E-state index is 12.9. The fraction of sp³-hybridized carbons (Fsp3) is 0.269. The molecule has 0 N–H and O–H groups in total. The topological polar surface area (TPSA) is 54.0 Å². The molecule has 5 rings (SSSR count). The van der Waals surface area contributed by atoms with Crippen LogP contribution in [0.3, 0.4) is 0 Å². The highest BCUT2D eigenvalue weighted by Gasteiger charge is 2.53. The molecule has 0 fully saturated rings. The Morgan fingerprint density at radius 3 is 1.94 bits per heavy atom. The quantitative estimate of drug-likeness (QED) is 0.473. The van der Waals surface area contributed by atoms with E-state index >= 15 is 0 Å². The Morgan fingerprint density at radius 1 is 0.774 bits per heavy atom. The maximum Gasteiger partial charge on any atom is 0.340 e. The van der Waals surface area contributed by atoms with Crippen molar-refractivity contribution in [2.45, 2.75) is 32.3 Å². The molecular formula is C26H24O5. The summed E-state index contributed by atoms with van der Waals surface area (Å²) >= 11 is 0. The van der Waals surface area contributed by atoms with Crippen LogP contribution < -0.4 is 14.2 Å². The third kappa shape index (κ3) is 3.03. The number of carbonyl (C=O) groups excluding carboxylic acids is 1. The first kappa shape index (κ1) is 19.5. The molecule has 2 aliphatic heterocycles. The zero-order valence-corrected chi connectivity index (χ0v) is 17.6. The Kier molecular flexibility index (Phi) is 4.81. The lowest BCUT2D eigenvalue weighted by Crippen LogP contribution is -2.33. The highest BCUT2D eigenvalue weighted by molar-refractivity contribution is 5.97. The Balaban J connectivity index is 1.71. The third-order valence-electron chi connectivity index (χ3n) is 5.60. The normalized spacial score (nSPS) is 14.8. The summed E-state index contributed by atoms with van der Waals surface area (Å²) in [5.74, 6) is 2.31. The van der Waals surface area contributed by atoms with Gasteiger partial charge in [0, 0.05) is 28.8 Å². The first-order valence-electron chi connectivity index (χ1n) is 10.7. The van der Waals surface area contributed by atoms with Crippen LogP contribution >= 0.6 is 0 Å². The van der Waals surface area contributed by atoms with Crippen LogP contribution in [-0.2, 0) is 10.3 Å². The van der Waals surface area contributed by atoms with Gasteiger partial charge >= 0.3 is 5.97 Å². The average molecular weight is 416 g/mol. The summed E-state index contributed by atoms with van der Waals surface area (Å²) < 4.78 is 24.1. The molecule has 0 amide bonds. The predicted octanol–water partition coefficient (Wildman–Crippen LogP) is 5.83. The fourth-order valence-corrected chi connectivity index (χ4v) is 4.26. The molecule has 0 bridgehead atoms. The van der Waals surface area contributed by atoms with Crippen molar-refractivity contribution in [3.05, 3.63) is 82.9 Å². The smallest absolute Gasteiger partial charge is 0.340 e. The molecule has 0 unspecified atom stereocenters. The second-order valence-electron chi connectivity index (χ2n) is 7.73. The van der Waals surface area contributed by atoms with Gasteiger partial charge < -0.3 is 18.9 Å². The Hall–Kier alpha value is -3.47. The van der Waals surface area contributed by atoms with Crippen LogP contribution in [0.15, 0.2) is 60.7 Å². The molecule has 0 aliphatic carbocycles. The van der Waals surface area contributed by atoms with Crippen molar-refractivity contribution in [2.24, 2.45) is 0 Å². The molecule has 2 heterocycles. The van der Waals surface area contributed by atoms with Crippen LogP contribution in [0.2, 0.25) is 0 Å². The van der Waals surface area contributed by atoms with Crippen molar-refractivity contribution in [3.8, 4) is 23.0 Å². The number of fused-ring (bicyclic) bond motifs is 6. The Bertz CT molecular complexity index is 1090. The molecule has 0 saturated carbocycles. The highest BCUT2D eigenvalue weighted by atomic mass is 16.6. The van der Waals surface area contributed by atoms with Crippen LogP contribution in [0.4, 0.5) is 0 Å². The van der Waals surface area contributed by atoms with Gasteiger partial charge in [-0.1, -0.05) is 32.0 Å². The minimum absolute atomic E-state index is 0.341. The molecule has 0 radical (unpaired) electrons. The molecule has 0 saturated heterocycles. The summed E-state index contributed by atoms with van der Waals surface area (Å²) in [5.41, 5.74) is 1.88. The number of rotatable bonds is 6. The van der Waals surface area contributed by atoms with Gasteiger partial charge in [-0.2, -0.15) is 0 Å². The van der Waals surface area contributed by atoms with Gasteiger partial charge in [0.05, 0.1) is 18.8 Å². The van der Waals surface area contributed by atoms with Gasteiger partial charge in [0.2, 0.25) is 0 Å². The minimum Gasteiger partial charge on any atom is -0.493 e. The number of ether oxygens (including phenoxy) is 4. The summed E-state index contributed by atoms with van der Waals surface area (Å²) in [5, 5.41) is 0. The number of hydrogen-bond donors (Lipinski definition) is 0. The zero-order chi connectivity index (χ0) is 21.4. The van der Waals surface area contributed by atoms with Gasteiger partial charge in [-0.25, -0.2) is 4.79 Å². The number of carbonyl (C=O) groups is 1. The molecule has 158 valence electrons. The Morgan fingerprint density at radius 2 is 1.35 bits per heavy atom. The van der Waals surface area contributed by atoms with Gasteiger partial charge in [-0.05, 0) is 43.2 Å². The summed E-state index contributed by atoms with van der Waals surface area (Å²) in [6, 6.07) is 18.9. The summed E-state index contributed by atoms with van der Waals surface area (Å²) in [6.45, 7) is 5.36. The second kappa shape index (κ2) is 7.65. The first-order valence-corrected chi connectivity index (χ1v) is 10.7. The van der Waals surface area contributed by atoms with Crippen LogP contribution in [0, 0.1) is 0 Å². The van der Waals surface area contributed by atoms with Crippen molar-refractivity contribution in [1.82, 2.24) is 0 Å². The Labute approximate surface area is 181 Å². The number of esters is 1. The van der Waals surface area contributed by atoms with E-state index in [1.165, 1.54) is 0 Å². The number of benzene rings is 3. The molecule has 1 spiro atoms. The van der Waals surface area contributed by atoms with E-state index < -0.39 is 5.60 Å². The highest BCUT2D eigenvalue weighted by Crippen LogP contribution is 2.57. The predicted molar refractivity (Wildman–Crippen MR) is 116 cm³/mol. The van der Waals surface area contributed by atoms with Crippen molar-refractivity contribution in [2.75, 3.05) is 13.2 Å². The molecule has 31 heavy (non-hydrogen) atoms. The molecule has 0 atom stereocenters. The van der Waals surface area contributed by atoms with E-state index in [0.717, 1.165) is 41.0 Å². The third-order valence-corrected chi connectivity index (χ3v) is 5.60. The van der Waals surface area contributed by atoms with Crippen LogP contribution in [0.1, 0.15) is 53.7 Å². The van der Waals surface area contributed by atoms with Crippen molar-refractivity contribution < 1.29 is 23.7 Å². The second-order valence-corrected chi connectivity index (χ2v) is 7.73. The van der Waals surface area contributed by atoms with Gasteiger partial charge in [0.1, 0.15) is 23.0 Å². The van der Waals surface area contributed by atoms with Gasteiger partial charge in [-0.15, -0.1) is 0 Å². The summed E-state index contributed by atoms with van der Waals surface area (Å²) in [4.78, 5) is 12.9. The van der Waals surface area contributed by atoms with Crippen LogP contribution in [0.5, 0.6) is 23.0 Å². The average Bonchev–Trinajstić information content (AvgIpc) is 3.09. The molecule has 3 aromatic carbocycles. The molecular weight excluding hydrogens is 392 g/mol. The first-order chi connectivity index (χ1) is 15.2. The van der Waals surface area contributed by atoms with E-state index in [-0.39, 0.29) is 5.97 Å². The molecule has 2 aliphatic rings. The summed E-state index contributed by atoms with van der Waals surface area (Å²) in [7, 11) is 0.